The van der Waals surface area contributed by atoms with E-state index in [4.69, 9.17) is 10.5 Å². The zero-order chi connectivity index (χ0) is 20.1. The van der Waals surface area contributed by atoms with Crippen LogP contribution in [0.3, 0.4) is 0 Å². The van der Waals surface area contributed by atoms with Crippen molar-refractivity contribution in [3.63, 3.8) is 0 Å². The lowest BCUT2D eigenvalue weighted by Crippen LogP contribution is -2.41. The van der Waals surface area contributed by atoms with Gasteiger partial charge in [0.1, 0.15) is 15.6 Å². The molecule has 0 bridgehead atoms. The Morgan fingerprint density at radius 2 is 1.92 bits per heavy atom. The van der Waals surface area contributed by atoms with Gasteiger partial charge in [-0.2, -0.15) is 13.2 Å². The predicted molar refractivity (Wildman–Crippen MR) is 91.4 cm³/mol. The van der Waals surface area contributed by atoms with Crippen LogP contribution in [0.4, 0.5) is 13.2 Å². The van der Waals surface area contributed by atoms with Gasteiger partial charge in [-0.25, -0.2) is 8.42 Å². The molecule has 0 heterocycles. The Hall–Kier alpha value is -1.81. The lowest BCUT2D eigenvalue weighted by atomic mass is 10.1. The monoisotopic (exact) mass is 396 g/mol. The quantitative estimate of drug-likeness (QED) is 0.699. The van der Waals surface area contributed by atoms with E-state index in [9.17, 15) is 26.4 Å². The molecule has 0 aromatic heterocycles. The van der Waals surface area contributed by atoms with Gasteiger partial charge in [0.2, 0.25) is 5.91 Å². The molecule has 0 fully saturated rings. The van der Waals surface area contributed by atoms with Gasteiger partial charge in [0.05, 0.1) is 23.5 Å². The number of ether oxygens (including phenoxy) is 1. The third kappa shape index (κ3) is 7.61. The van der Waals surface area contributed by atoms with E-state index >= 15 is 0 Å². The number of hydrogen-bond donors (Lipinski definition) is 2. The third-order valence-electron chi connectivity index (χ3n) is 3.35. The lowest BCUT2D eigenvalue weighted by Gasteiger charge is -2.17. The first-order valence-corrected chi connectivity index (χ1v) is 9.93. The minimum Gasteiger partial charge on any atom is -0.491 e. The van der Waals surface area contributed by atoms with E-state index in [0.717, 1.165) is 12.3 Å². The molecule has 6 nitrogen and oxygen atoms in total. The average molecular weight is 396 g/mol. The van der Waals surface area contributed by atoms with Crippen molar-refractivity contribution in [3.05, 3.63) is 29.3 Å². The summed E-state index contributed by atoms with van der Waals surface area (Å²) in [7, 11) is -3.28. The molecule has 1 rings (SSSR count). The summed E-state index contributed by atoms with van der Waals surface area (Å²) in [6, 6.07) is 2.37. The second-order valence-electron chi connectivity index (χ2n) is 6.23. The fraction of sp³-hybridized carbons (Fsp3) is 0.562. The van der Waals surface area contributed by atoms with Gasteiger partial charge in [0.25, 0.3) is 0 Å². The van der Waals surface area contributed by atoms with Crippen molar-refractivity contribution < 1.29 is 31.1 Å². The number of sulfone groups is 1. The largest absolute Gasteiger partial charge is 0.491 e. The fourth-order valence-electron chi connectivity index (χ4n) is 2.10. The summed E-state index contributed by atoms with van der Waals surface area (Å²) in [5, 5.41) is 2.31. The van der Waals surface area contributed by atoms with Crippen LogP contribution < -0.4 is 15.8 Å². The molecule has 0 saturated carbocycles. The molecule has 0 spiro atoms. The van der Waals surface area contributed by atoms with Gasteiger partial charge in [-0.05, 0) is 38.0 Å². The molecule has 1 unspecified atom stereocenters. The number of nitrogens with two attached hydrogens (primary N) is 1. The number of amides is 1. The Morgan fingerprint density at radius 1 is 1.31 bits per heavy atom. The number of rotatable bonds is 8. The maximum absolute atomic E-state index is 13.2. The third-order valence-corrected chi connectivity index (χ3v) is 4.33. The van der Waals surface area contributed by atoms with Crippen LogP contribution in [0.25, 0.3) is 0 Å². The standard InChI is InChI=1S/C16H23F3N2O4S/c1-10(2)25-12-5-4-11(13(8-12)16(17,18)19)9-21-15(22)14(20)6-7-26(3,23)24/h4-5,8,10,14H,6-7,9,20H2,1-3H3,(H,21,22). The molecule has 0 aliphatic rings. The van der Waals surface area contributed by atoms with Crippen molar-refractivity contribution in [3.8, 4) is 5.75 Å². The Morgan fingerprint density at radius 3 is 2.42 bits per heavy atom. The topological polar surface area (TPSA) is 98.5 Å². The van der Waals surface area contributed by atoms with Gasteiger partial charge in [0.15, 0.2) is 0 Å². The fourth-order valence-corrected chi connectivity index (χ4v) is 2.79. The summed E-state index contributed by atoms with van der Waals surface area (Å²) in [5.74, 6) is -0.923. The van der Waals surface area contributed by atoms with Crippen molar-refractivity contribution in [2.24, 2.45) is 5.73 Å². The molecule has 148 valence electrons. The summed E-state index contributed by atoms with van der Waals surface area (Å²) in [4.78, 5) is 11.9. The highest BCUT2D eigenvalue weighted by Gasteiger charge is 2.34. The predicted octanol–water partition coefficient (Wildman–Crippen LogP) is 1.87. The first-order valence-electron chi connectivity index (χ1n) is 7.87. The maximum Gasteiger partial charge on any atom is 0.416 e. The van der Waals surface area contributed by atoms with E-state index in [1.54, 1.807) is 13.8 Å². The summed E-state index contributed by atoms with van der Waals surface area (Å²) < 4.78 is 67.1. The van der Waals surface area contributed by atoms with Gasteiger partial charge in [0, 0.05) is 12.8 Å². The smallest absolute Gasteiger partial charge is 0.416 e. The molecule has 0 aliphatic carbocycles. The van der Waals surface area contributed by atoms with E-state index in [1.165, 1.54) is 12.1 Å². The van der Waals surface area contributed by atoms with Crippen LogP contribution in [-0.2, 0) is 27.4 Å². The first-order chi connectivity index (χ1) is 11.8. The minimum atomic E-state index is -4.62. The molecular weight excluding hydrogens is 373 g/mol. The molecule has 0 radical (unpaired) electrons. The molecule has 1 amide bonds. The van der Waals surface area contributed by atoms with Crippen molar-refractivity contribution >= 4 is 15.7 Å². The number of nitrogens with one attached hydrogen (secondary N) is 1. The van der Waals surface area contributed by atoms with Crippen molar-refractivity contribution in [2.45, 2.75) is 45.1 Å². The SMILES string of the molecule is CC(C)Oc1ccc(CNC(=O)C(N)CCS(C)(=O)=O)c(C(F)(F)F)c1. The van der Waals surface area contributed by atoms with Crippen LogP contribution in [0.1, 0.15) is 31.4 Å². The van der Waals surface area contributed by atoms with Crippen LogP contribution in [-0.4, -0.2) is 38.5 Å². The average Bonchev–Trinajstić information content (AvgIpc) is 2.48. The molecule has 1 aromatic carbocycles. The Bertz CT molecular complexity index is 734. The van der Waals surface area contributed by atoms with Gasteiger partial charge in [-0.15, -0.1) is 0 Å². The first kappa shape index (κ1) is 22.2. The van der Waals surface area contributed by atoms with Gasteiger partial charge < -0.3 is 15.8 Å². The normalized spacial score (nSPS) is 13.5. The number of halogens is 3. The molecular formula is C16H23F3N2O4S. The summed E-state index contributed by atoms with van der Waals surface area (Å²) in [5.41, 5.74) is 4.52. The maximum atomic E-state index is 13.2. The van der Waals surface area contributed by atoms with Gasteiger partial charge >= 0.3 is 6.18 Å². The van der Waals surface area contributed by atoms with Crippen molar-refractivity contribution in [1.29, 1.82) is 0 Å². The van der Waals surface area contributed by atoms with E-state index in [-0.39, 0.29) is 36.1 Å². The second-order valence-corrected chi connectivity index (χ2v) is 8.49. The zero-order valence-electron chi connectivity index (χ0n) is 14.8. The minimum absolute atomic E-state index is 0.0762. The number of carbonyl (C=O) groups is 1. The Balaban J connectivity index is 2.84. The molecule has 3 N–H and O–H groups in total. The Labute approximate surface area is 150 Å². The zero-order valence-corrected chi connectivity index (χ0v) is 15.6. The molecule has 1 atom stereocenters. The number of alkyl halides is 3. The van der Waals surface area contributed by atoms with E-state index < -0.39 is 33.5 Å². The van der Waals surface area contributed by atoms with E-state index in [2.05, 4.69) is 5.32 Å². The van der Waals surface area contributed by atoms with Crippen LogP contribution in [0.2, 0.25) is 0 Å². The van der Waals surface area contributed by atoms with Crippen LogP contribution in [0.5, 0.6) is 5.75 Å². The van der Waals surface area contributed by atoms with Gasteiger partial charge in [-0.3, -0.25) is 4.79 Å². The lowest BCUT2D eigenvalue weighted by molar-refractivity contribution is -0.138. The molecule has 1 aromatic rings. The van der Waals surface area contributed by atoms with Crippen LogP contribution in [0.15, 0.2) is 18.2 Å². The molecule has 0 aliphatic heterocycles. The van der Waals surface area contributed by atoms with E-state index in [0.29, 0.717) is 0 Å². The number of carbonyl (C=O) groups excluding carboxylic acids is 1. The number of benzene rings is 1. The van der Waals surface area contributed by atoms with E-state index in [1.807, 2.05) is 0 Å². The van der Waals surface area contributed by atoms with Crippen LogP contribution >= 0.6 is 0 Å². The summed E-state index contributed by atoms with van der Waals surface area (Å²) >= 11 is 0. The molecule has 0 saturated heterocycles. The Kier molecular flexibility index (Phi) is 7.45. The highest BCUT2D eigenvalue weighted by Crippen LogP contribution is 2.34. The van der Waals surface area contributed by atoms with Crippen molar-refractivity contribution in [1.82, 2.24) is 5.32 Å². The van der Waals surface area contributed by atoms with Crippen molar-refractivity contribution in [2.75, 3.05) is 12.0 Å². The summed E-state index contributed by atoms with van der Waals surface area (Å²) in [6.45, 7) is 3.00. The number of hydrogen-bond acceptors (Lipinski definition) is 5. The highest BCUT2D eigenvalue weighted by molar-refractivity contribution is 7.90. The molecule has 10 heteroatoms. The highest BCUT2D eigenvalue weighted by atomic mass is 32.2. The van der Waals surface area contributed by atoms with Crippen LogP contribution in [0, 0.1) is 0 Å². The molecule has 26 heavy (non-hydrogen) atoms. The van der Waals surface area contributed by atoms with Gasteiger partial charge in [-0.1, -0.05) is 6.07 Å². The summed E-state index contributed by atoms with van der Waals surface area (Å²) in [6.07, 6.45) is -4.00. The second kappa shape index (κ2) is 8.72.